The summed E-state index contributed by atoms with van der Waals surface area (Å²) in [5.41, 5.74) is 9.46. The molecule has 0 bridgehead atoms. The van der Waals surface area contributed by atoms with Gasteiger partial charge < -0.3 is 5.73 Å². The SMILES string of the molecule is CC(C(=CCl)CN)c1ccccc1. The molecule has 2 heteroatoms. The van der Waals surface area contributed by atoms with Crippen molar-refractivity contribution in [3.63, 3.8) is 0 Å². The lowest BCUT2D eigenvalue weighted by Crippen LogP contribution is -2.09. The summed E-state index contributed by atoms with van der Waals surface area (Å²) < 4.78 is 0. The highest BCUT2D eigenvalue weighted by atomic mass is 35.5. The third-order valence-electron chi connectivity index (χ3n) is 2.23. The molecule has 0 aliphatic carbocycles. The molecule has 0 fully saturated rings. The Kier molecular flexibility index (Phi) is 4.00. The van der Waals surface area contributed by atoms with E-state index in [0.717, 1.165) is 5.57 Å². The molecule has 0 radical (unpaired) electrons. The minimum absolute atomic E-state index is 0.309. The van der Waals surface area contributed by atoms with Crippen LogP contribution in [0.4, 0.5) is 0 Å². The van der Waals surface area contributed by atoms with E-state index in [0.29, 0.717) is 12.5 Å². The first-order chi connectivity index (χ1) is 6.29. The van der Waals surface area contributed by atoms with Crippen molar-refractivity contribution in [3.8, 4) is 0 Å². The van der Waals surface area contributed by atoms with Crippen LogP contribution in [0.3, 0.4) is 0 Å². The van der Waals surface area contributed by atoms with Gasteiger partial charge in [0.15, 0.2) is 0 Å². The topological polar surface area (TPSA) is 26.0 Å². The molecule has 1 unspecified atom stereocenters. The first kappa shape index (κ1) is 10.3. The Balaban J connectivity index is 2.85. The molecule has 0 aliphatic heterocycles. The molecular weight excluding hydrogens is 182 g/mol. The predicted molar refractivity (Wildman–Crippen MR) is 57.8 cm³/mol. The van der Waals surface area contributed by atoms with Crippen LogP contribution in [0.5, 0.6) is 0 Å². The Morgan fingerprint density at radius 1 is 1.46 bits per heavy atom. The largest absolute Gasteiger partial charge is 0.327 e. The highest BCUT2D eigenvalue weighted by molar-refractivity contribution is 6.25. The van der Waals surface area contributed by atoms with Crippen LogP contribution in [-0.4, -0.2) is 6.54 Å². The summed E-state index contributed by atoms with van der Waals surface area (Å²) in [7, 11) is 0. The Morgan fingerprint density at radius 2 is 2.08 bits per heavy atom. The van der Waals surface area contributed by atoms with E-state index in [-0.39, 0.29) is 0 Å². The number of halogens is 1. The number of rotatable bonds is 3. The van der Waals surface area contributed by atoms with Gasteiger partial charge in [0.25, 0.3) is 0 Å². The first-order valence-corrected chi connectivity index (χ1v) is 4.77. The predicted octanol–water partition coefficient (Wildman–Crippen LogP) is 2.87. The van der Waals surface area contributed by atoms with Crippen LogP contribution < -0.4 is 5.73 Å². The summed E-state index contributed by atoms with van der Waals surface area (Å²) in [5.74, 6) is 0.309. The van der Waals surface area contributed by atoms with Crippen LogP contribution in [0.25, 0.3) is 0 Å². The fourth-order valence-electron chi connectivity index (χ4n) is 1.27. The molecule has 0 aliphatic rings. The molecule has 70 valence electrons. The summed E-state index contributed by atoms with van der Waals surface area (Å²) in [5, 5.41) is 0. The summed E-state index contributed by atoms with van der Waals surface area (Å²) in [4.78, 5) is 0. The lowest BCUT2D eigenvalue weighted by molar-refractivity contribution is 0.859. The van der Waals surface area contributed by atoms with Crippen LogP contribution in [-0.2, 0) is 0 Å². The number of hydrogen-bond acceptors (Lipinski definition) is 1. The molecule has 0 aromatic heterocycles. The van der Waals surface area contributed by atoms with Gasteiger partial charge in [0.1, 0.15) is 0 Å². The molecule has 1 rings (SSSR count). The van der Waals surface area contributed by atoms with Gasteiger partial charge in [-0.1, -0.05) is 48.9 Å². The Bertz CT molecular complexity index is 279. The third-order valence-corrected chi connectivity index (χ3v) is 2.51. The minimum Gasteiger partial charge on any atom is -0.327 e. The van der Waals surface area contributed by atoms with Gasteiger partial charge in [0.2, 0.25) is 0 Å². The average molecular weight is 196 g/mol. The molecule has 0 heterocycles. The highest BCUT2D eigenvalue weighted by Crippen LogP contribution is 2.22. The molecule has 0 saturated heterocycles. The number of nitrogens with two attached hydrogens (primary N) is 1. The van der Waals surface area contributed by atoms with Crippen molar-refractivity contribution in [2.75, 3.05) is 6.54 Å². The molecule has 2 N–H and O–H groups in total. The lowest BCUT2D eigenvalue weighted by Gasteiger charge is -2.13. The van der Waals surface area contributed by atoms with E-state index in [1.165, 1.54) is 5.56 Å². The van der Waals surface area contributed by atoms with Gasteiger partial charge in [-0.25, -0.2) is 0 Å². The van der Waals surface area contributed by atoms with E-state index in [9.17, 15) is 0 Å². The van der Waals surface area contributed by atoms with Crippen molar-refractivity contribution in [2.45, 2.75) is 12.8 Å². The van der Waals surface area contributed by atoms with Crippen LogP contribution in [0.1, 0.15) is 18.4 Å². The van der Waals surface area contributed by atoms with E-state index in [2.05, 4.69) is 19.1 Å². The zero-order valence-electron chi connectivity index (χ0n) is 7.70. The third kappa shape index (κ3) is 2.58. The van der Waals surface area contributed by atoms with Gasteiger partial charge in [-0.05, 0) is 11.1 Å². The molecule has 0 spiro atoms. The maximum absolute atomic E-state index is 5.67. The highest BCUT2D eigenvalue weighted by Gasteiger charge is 2.08. The van der Waals surface area contributed by atoms with Crippen molar-refractivity contribution in [2.24, 2.45) is 5.73 Å². The van der Waals surface area contributed by atoms with Crippen molar-refractivity contribution in [3.05, 3.63) is 47.0 Å². The van der Waals surface area contributed by atoms with Crippen LogP contribution in [0, 0.1) is 0 Å². The molecule has 13 heavy (non-hydrogen) atoms. The summed E-state index contributed by atoms with van der Waals surface area (Å²) >= 11 is 5.67. The Labute approximate surface area is 84.2 Å². The van der Waals surface area contributed by atoms with Crippen molar-refractivity contribution in [1.82, 2.24) is 0 Å². The maximum atomic E-state index is 5.67. The standard InChI is InChI=1S/C11H14ClN/c1-9(11(7-12)8-13)10-5-3-2-4-6-10/h2-7,9H,8,13H2,1H3. The van der Waals surface area contributed by atoms with Crippen molar-refractivity contribution in [1.29, 1.82) is 0 Å². The lowest BCUT2D eigenvalue weighted by atomic mass is 9.94. The van der Waals surface area contributed by atoms with E-state index < -0.39 is 0 Å². The quantitative estimate of drug-likeness (QED) is 0.789. The normalized spacial score (nSPS) is 14.2. The Morgan fingerprint density at radius 3 is 2.54 bits per heavy atom. The van der Waals surface area contributed by atoms with Crippen LogP contribution in [0.2, 0.25) is 0 Å². The van der Waals surface area contributed by atoms with Gasteiger partial charge in [-0.15, -0.1) is 0 Å². The van der Waals surface area contributed by atoms with E-state index >= 15 is 0 Å². The average Bonchev–Trinajstić information content (AvgIpc) is 2.21. The smallest absolute Gasteiger partial charge is 0.0154 e. The number of benzene rings is 1. The second kappa shape index (κ2) is 5.05. The van der Waals surface area contributed by atoms with Gasteiger partial charge in [0.05, 0.1) is 0 Å². The Hall–Kier alpha value is -0.790. The minimum atomic E-state index is 0.309. The second-order valence-corrected chi connectivity index (χ2v) is 3.24. The van der Waals surface area contributed by atoms with E-state index in [1.54, 1.807) is 5.54 Å². The molecule has 1 nitrogen and oxygen atoms in total. The monoisotopic (exact) mass is 195 g/mol. The second-order valence-electron chi connectivity index (χ2n) is 3.02. The maximum Gasteiger partial charge on any atom is 0.0154 e. The first-order valence-electron chi connectivity index (χ1n) is 4.33. The molecule has 0 saturated carbocycles. The summed E-state index contributed by atoms with van der Waals surface area (Å²) in [6.07, 6.45) is 0. The molecule has 1 aromatic carbocycles. The van der Waals surface area contributed by atoms with E-state index in [1.807, 2.05) is 18.2 Å². The summed E-state index contributed by atoms with van der Waals surface area (Å²) in [6.45, 7) is 2.62. The van der Waals surface area contributed by atoms with Crippen LogP contribution in [0.15, 0.2) is 41.4 Å². The molecular formula is C11H14ClN. The molecule has 0 amide bonds. The number of hydrogen-bond donors (Lipinski definition) is 1. The fourth-order valence-corrected chi connectivity index (χ4v) is 1.55. The van der Waals surface area contributed by atoms with Crippen LogP contribution >= 0.6 is 11.6 Å². The molecule has 1 atom stereocenters. The van der Waals surface area contributed by atoms with Gasteiger partial charge >= 0.3 is 0 Å². The van der Waals surface area contributed by atoms with E-state index in [4.69, 9.17) is 17.3 Å². The van der Waals surface area contributed by atoms with Gasteiger partial charge in [-0.3, -0.25) is 0 Å². The van der Waals surface area contributed by atoms with Gasteiger partial charge in [0, 0.05) is 18.0 Å². The van der Waals surface area contributed by atoms with Crippen molar-refractivity contribution < 1.29 is 0 Å². The zero-order valence-corrected chi connectivity index (χ0v) is 8.46. The van der Waals surface area contributed by atoms with Crippen molar-refractivity contribution >= 4 is 11.6 Å². The molecule has 1 aromatic rings. The fraction of sp³-hybridized carbons (Fsp3) is 0.273. The van der Waals surface area contributed by atoms with Gasteiger partial charge in [-0.2, -0.15) is 0 Å². The zero-order chi connectivity index (χ0) is 9.68. The summed E-state index contributed by atoms with van der Waals surface area (Å²) in [6, 6.07) is 10.2.